The van der Waals surface area contributed by atoms with Gasteiger partial charge >= 0.3 is 0 Å². The summed E-state index contributed by atoms with van der Waals surface area (Å²) in [6.45, 7) is 4.04. The molecule has 0 aliphatic carbocycles. The van der Waals surface area contributed by atoms with Crippen LogP contribution >= 0.6 is 27.7 Å². The van der Waals surface area contributed by atoms with Gasteiger partial charge in [-0.25, -0.2) is 13.1 Å². The summed E-state index contributed by atoms with van der Waals surface area (Å²) in [4.78, 5) is 15.6. The number of aromatic nitrogens is 2. The Labute approximate surface area is 194 Å². The van der Waals surface area contributed by atoms with Crippen LogP contribution < -0.4 is 0 Å². The summed E-state index contributed by atoms with van der Waals surface area (Å²) < 4.78 is 29.9. The highest BCUT2D eigenvalue weighted by Gasteiger charge is 2.41. The predicted octanol–water partition coefficient (Wildman–Crippen LogP) is 4.91. The fourth-order valence-electron chi connectivity index (χ4n) is 3.75. The largest absolute Gasteiger partial charge is 0.271 e. The highest BCUT2D eigenvalue weighted by atomic mass is 79.9. The van der Waals surface area contributed by atoms with Crippen molar-refractivity contribution in [1.29, 1.82) is 0 Å². The number of rotatable bonds is 5. The average molecular weight is 520 g/mol. The molecule has 31 heavy (non-hydrogen) atoms. The number of aryl methyl sites for hydroxylation is 1. The maximum absolute atomic E-state index is 13.4. The summed E-state index contributed by atoms with van der Waals surface area (Å²) in [7, 11) is -3.78. The Morgan fingerprint density at radius 1 is 1.10 bits per heavy atom. The fourth-order valence-corrected chi connectivity index (χ4v) is 6.62. The summed E-state index contributed by atoms with van der Waals surface area (Å²) in [6, 6.07) is 15.6. The van der Waals surface area contributed by atoms with E-state index in [1.54, 1.807) is 36.0 Å². The van der Waals surface area contributed by atoms with Crippen LogP contribution in [0, 0.1) is 13.8 Å². The van der Waals surface area contributed by atoms with Gasteiger partial charge in [0.2, 0.25) is 10.0 Å². The van der Waals surface area contributed by atoms with Crippen molar-refractivity contribution in [3.63, 3.8) is 0 Å². The van der Waals surface area contributed by atoms with Crippen molar-refractivity contribution in [2.75, 3.05) is 6.54 Å². The molecule has 0 bridgehead atoms. The lowest BCUT2D eigenvalue weighted by molar-refractivity contribution is 0.0813. The lowest BCUT2D eigenvalue weighted by Crippen LogP contribution is -2.43. The van der Waals surface area contributed by atoms with Crippen molar-refractivity contribution >= 4 is 43.6 Å². The number of hydrogen-bond donors (Lipinski definition) is 0. The molecule has 1 aliphatic rings. The summed E-state index contributed by atoms with van der Waals surface area (Å²) >= 11 is 4.88. The lowest BCUT2D eigenvalue weighted by atomic mass is 10.2. The van der Waals surface area contributed by atoms with Crippen molar-refractivity contribution in [2.24, 2.45) is 0 Å². The maximum atomic E-state index is 13.4. The predicted molar refractivity (Wildman–Crippen MR) is 124 cm³/mol. The summed E-state index contributed by atoms with van der Waals surface area (Å²) in [5.41, 5.74) is 1.48. The van der Waals surface area contributed by atoms with Gasteiger partial charge in [-0.15, -0.1) is 0 Å². The molecule has 0 spiro atoms. The zero-order chi connectivity index (χ0) is 22.2. The van der Waals surface area contributed by atoms with Gasteiger partial charge in [-0.1, -0.05) is 45.9 Å². The van der Waals surface area contributed by atoms with Crippen LogP contribution in [0.5, 0.6) is 0 Å². The molecule has 1 atom stereocenters. The third-order valence-corrected chi connectivity index (χ3v) is 9.06. The second-order valence-corrected chi connectivity index (χ2v) is 11.3. The molecule has 4 rings (SSSR count). The fraction of sp³-hybridized carbons (Fsp3) is 0.273. The zero-order valence-electron chi connectivity index (χ0n) is 17.2. The van der Waals surface area contributed by atoms with Gasteiger partial charge in [0, 0.05) is 15.9 Å². The zero-order valence-corrected chi connectivity index (χ0v) is 20.4. The topological polar surface area (TPSA) is 72.3 Å². The van der Waals surface area contributed by atoms with Crippen LogP contribution in [0.15, 0.2) is 73.8 Å². The molecule has 2 aromatic carbocycles. The third kappa shape index (κ3) is 4.37. The van der Waals surface area contributed by atoms with E-state index in [4.69, 9.17) is 0 Å². The van der Waals surface area contributed by atoms with Crippen LogP contribution in [-0.2, 0) is 10.0 Å². The number of sulfonamides is 1. The van der Waals surface area contributed by atoms with Crippen LogP contribution in [0.3, 0.4) is 0 Å². The maximum Gasteiger partial charge on any atom is 0.265 e. The Kier molecular flexibility index (Phi) is 6.39. The molecule has 9 heteroatoms. The van der Waals surface area contributed by atoms with Crippen LogP contribution in [-0.4, -0.2) is 41.0 Å². The molecule has 1 aromatic heterocycles. The van der Waals surface area contributed by atoms with Crippen LogP contribution in [0.2, 0.25) is 0 Å². The minimum Gasteiger partial charge on any atom is -0.271 e. The number of benzene rings is 2. The molecular weight excluding hydrogens is 498 g/mol. The minimum atomic E-state index is -3.78. The average Bonchev–Trinajstić information content (AvgIpc) is 3.36. The minimum absolute atomic E-state index is 0.184. The molecule has 0 radical (unpaired) electrons. The number of nitrogens with zero attached hydrogens (tertiary/aromatic N) is 3. The van der Waals surface area contributed by atoms with E-state index >= 15 is 0 Å². The SMILES string of the molecule is Cc1nn(C(=O)[C@@H]2CCCN2S(=O)(=O)c2ccc(Br)cc2)c(C)c1Sc1ccccc1. The molecular formula is C22H22BrN3O3S2. The highest BCUT2D eigenvalue weighted by Crippen LogP contribution is 2.34. The van der Waals surface area contributed by atoms with E-state index in [0.29, 0.717) is 19.4 Å². The van der Waals surface area contributed by atoms with Crippen molar-refractivity contribution in [3.05, 3.63) is 70.5 Å². The van der Waals surface area contributed by atoms with Crippen LogP contribution in [0.4, 0.5) is 0 Å². The first-order valence-corrected chi connectivity index (χ1v) is 12.9. The van der Waals surface area contributed by atoms with Gasteiger partial charge in [-0.3, -0.25) is 4.79 Å². The molecule has 6 nitrogen and oxygen atoms in total. The highest BCUT2D eigenvalue weighted by molar-refractivity contribution is 9.10. The summed E-state index contributed by atoms with van der Waals surface area (Å²) in [5.74, 6) is -0.307. The molecule has 3 aromatic rings. The molecule has 1 fully saturated rings. The van der Waals surface area contributed by atoms with Crippen molar-refractivity contribution < 1.29 is 13.2 Å². The van der Waals surface area contributed by atoms with E-state index in [9.17, 15) is 13.2 Å². The van der Waals surface area contributed by atoms with Crippen LogP contribution in [0.25, 0.3) is 0 Å². The number of halogens is 1. The van der Waals surface area contributed by atoms with Gasteiger partial charge in [-0.05, 0) is 63.1 Å². The lowest BCUT2D eigenvalue weighted by Gasteiger charge is -2.23. The van der Waals surface area contributed by atoms with Gasteiger partial charge < -0.3 is 0 Å². The molecule has 0 amide bonds. The molecule has 1 aliphatic heterocycles. The smallest absolute Gasteiger partial charge is 0.265 e. The van der Waals surface area contributed by atoms with E-state index < -0.39 is 16.1 Å². The van der Waals surface area contributed by atoms with Gasteiger partial charge in [0.25, 0.3) is 5.91 Å². The van der Waals surface area contributed by atoms with E-state index in [1.165, 1.54) is 8.99 Å². The first-order chi connectivity index (χ1) is 14.8. The Balaban J connectivity index is 1.63. The Morgan fingerprint density at radius 2 is 1.77 bits per heavy atom. The standard InChI is InChI=1S/C22H22BrN3O3S2/c1-15-21(30-18-7-4-3-5-8-18)16(2)26(24-15)22(27)20-9-6-14-25(20)31(28,29)19-12-10-17(23)11-13-19/h3-5,7-8,10-13,20H,6,9,14H2,1-2H3/t20-/m0/s1. The Bertz CT molecular complexity index is 1210. The van der Waals surface area contributed by atoms with E-state index in [2.05, 4.69) is 21.0 Å². The molecule has 1 saturated heterocycles. The van der Waals surface area contributed by atoms with Gasteiger partial charge in [0.15, 0.2) is 0 Å². The first-order valence-electron chi connectivity index (χ1n) is 9.90. The molecule has 162 valence electrons. The quantitative estimate of drug-likeness (QED) is 0.478. The Hall–Kier alpha value is -1.94. The molecule has 2 heterocycles. The molecule has 0 N–H and O–H groups in total. The number of carbonyl (C=O) groups excluding carboxylic acids is 1. The van der Waals surface area contributed by atoms with Crippen molar-refractivity contribution in [3.8, 4) is 0 Å². The van der Waals surface area contributed by atoms with Crippen molar-refractivity contribution in [1.82, 2.24) is 14.1 Å². The van der Waals surface area contributed by atoms with Crippen molar-refractivity contribution in [2.45, 2.75) is 47.4 Å². The summed E-state index contributed by atoms with van der Waals surface area (Å²) in [5, 5.41) is 4.47. The van der Waals surface area contributed by atoms with E-state index in [0.717, 1.165) is 25.7 Å². The third-order valence-electron chi connectivity index (χ3n) is 5.31. The summed E-state index contributed by atoms with van der Waals surface area (Å²) in [6.07, 6.45) is 1.12. The second kappa shape index (κ2) is 8.90. The van der Waals surface area contributed by atoms with Crippen LogP contribution in [0.1, 0.15) is 29.0 Å². The van der Waals surface area contributed by atoms with Gasteiger partial charge in [0.1, 0.15) is 6.04 Å². The van der Waals surface area contributed by atoms with Gasteiger partial charge in [0.05, 0.1) is 21.2 Å². The Morgan fingerprint density at radius 3 is 2.45 bits per heavy atom. The monoisotopic (exact) mass is 519 g/mol. The first kappa shape index (κ1) is 22.3. The normalized spacial score (nSPS) is 17.2. The molecule has 0 saturated carbocycles. The van der Waals surface area contributed by atoms with E-state index in [1.807, 2.05) is 44.2 Å². The number of carbonyl (C=O) groups is 1. The van der Waals surface area contributed by atoms with E-state index in [-0.39, 0.29) is 10.8 Å². The molecule has 0 unspecified atom stereocenters. The second-order valence-electron chi connectivity index (χ2n) is 7.39. The number of hydrogen-bond acceptors (Lipinski definition) is 5. The van der Waals surface area contributed by atoms with Gasteiger partial charge in [-0.2, -0.15) is 9.40 Å².